The van der Waals surface area contributed by atoms with Crippen LogP contribution in [-0.2, 0) is 12.8 Å². The first-order valence-electron chi connectivity index (χ1n) is 7.04. The Kier molecular flexibility index (Phi) is 5.56. The molecular weight excluding hydrogens is 332 g/mol. The first kappa shape index (κ1) is 15.8. The Morgan fingerprint density at radius 1 is 1.10 bits per heavy atom. The summed E-state index contributed by atoms with van der Waals surface area (Å²) in [5.74, 6) is 2.65. The Bertz CT molecular complexity index is 617. The quantitative estimate of drug-likeness (QED) is 0.716. The number of rotatable bonds is 6. The standard InChI is InChI=1S/C16H19BrN2O2/c1-4-6-15-18-14(17)10-16(19-15)21-12-8-7-11(5-2)9-13(12)20-3/h7-10H,4-6H2,1-3H3. The van der Waals surface area contributed by atoms with Crippen LogP contribution < -0.4 is 9.47 Å². The third-order valence-corrected chi connectivity index (χ3v) is 3.45. The first-order chi connectivity index (χ1) is 10.2. The van der Waals surface area contributed by atoms with Crippen LogP contribution in [0.4, 0.5) is 0 Å². The summed E-state index contributed by atoms with van der Waals surface area (Å²) in [7, 11) is 1.64. The summed E-state index contributed by atoms with van der Waals surface area (Å²) < 4.78 is 12.0. The van der Waals surface area contributed by atoms with Crippen molar-refractivity contribution >= 4 is 15.9 Å². The average molecular weight is 351 g/mol. The van der Waals surface area contributed by atoms with Gasteiger partial charge in [-0.2, -0.15) is 4.98 Å². The second kappa shape index (κ2) is 7.41. The van der Waals surface area contributed by atoms with E-state index in [1.165, 1.54) is 5.56 Å². The monoisotopic (exact) mass is 350 g/mol. The first-order valence-corrected chi connectivity index (χ1v) is 7.83. The summed E-state index contributed by atoms with van der Waals surface area (Å²) in [6.07, 6.45) is 2.77. The number of hydrogen-bond donors (Lipinski definition) is 0. The number of hydrogen-bond acceptors (Lipinski definition) is 4. The van der Waals surface area contributed by atoms with Gasteiger partial charge in [-0.1, -0.05) is 19.9 Å². The topological polar surface area (TPSA) is 44.2 Å². The maximum Gasteiger partial charge on any atom is 0.223 e. The number of aryl methyl sites for hydroxylation is 2. The summed E-state index contributed by atoms with van der Waals surface area (Å²) in [5.41, 5.74) is 1.20. The molecular formula is C16H19BrN2O2. The predicted molar refractivity (Wildman–Crippen MR) is 86.2 cm³/mol. The van der Waals surface area contributed by atoms with E-state index in [1.54, 1.807) is 13.2 Å². The van der Waals surface area contributed by atoms with Gasteiger partial charge in [-0.15, -0.1) is 0 Å². The minimum atomic E-state index is 0.517. The highest BCUT2D eigenvalue weighted by molar-refractivity contribution is 9.10. The lowest BCUT2D eigenvalue weighted by atomic mass is 10.1. The number of halogens is 1. The number of nitrogens with zero attached hydrogens (tertiary/aromatic N) is 2. The molecule has 0 aliphatic rings. The molecule has 1 aromatic heterocycles. The van der Waals surface area contributed by atoms with E-state index in [-0.39, 0.29) is 0 Å². The van der Waals surface area contributed by atoms with E-state index in [1.807, 2.05) is 18.2 Å². The highest BCUT2D eigenvalue weighted by Gasteiger charge is 2.09. The van der Waals surface area contributed by atoms with Gasteiger partial charge in [-0.3, -0.25) is 0 Å². The van der Waals surface area contributed by atoms with Crippen LogP contribution >= 0.6 is 15.9 Å². The molecule has 1 heterocycles. The van der Waals surface area contributed by atoms with Crippen LogP contribution in [0.5, 0.6) is 17.4 Å². The van der Waals surface area contributed by atoms with Crippen molar-refractivity contribution in [3.05, 3.63) is 40.3 Å². The Hall–Kier alpha value is -1.62. The van der Waals surface area contributed by atoms with Gasteiger partial charge in [-0.05, 0) is 46.5 Å². The lowest BCUT2D eigenvalue weighted by Crippen LogP contribution is -1.99. The Labute approximate surface area is 133 Å². The van der Waals surface area contributed by atoms with Gasteiger partial charge >= 0.3 is 0 Å². The maximum absolute atomic E-state index is 5.86. The van der Waals surface area contributed by atoms with Crippen molar-refractivity contribution in [2.24, 2.45) is 0 Å². The van der Waals surface area contributed by atoms with Crippen LogP contribution in [0.3, 0.4) is 0 Å². The minimum Gasteiger partial charge on any atom is -0.493 e. The fraction of sp³-hybridized carbons (Fsp3) is 0.375. The van der Waals surface area contributed by atoms with Gasteiger partial charge in [0.15, 0.2) is 11.5 Å². The van der Waals surface area contributed by atoms with E-state index < -0.39 is 0 Å². The number of benzene rings is 1. The number of aromatic nitrogens is 2. The molecule has 0 bridgehead atoms. The molecule has 0 N–H and O–H groups in total. The van der Waals surface area contributed by atoms with Crippen LogP contribution in [0.25, 0.3) is 0 Å². The van der Waals surface area contributed by atoms with Gasteiger partial charge in [0.2, 0.25) is 5.88 Å². The second-order valence-electron chi connectivity index (χ2n) is 4.64. The van der Waals surface area contributed by atoms with Gasteiger partial charge in [0.1, 0.15) is 10.4 Å². The van der Waals surface area contributed by atoms with E-state index in [9.17, 15) is 0 Å². The molecule has 21 heavy (non-hydrogen) atoms. The van der Waals surface area contributed by atoms with Gasteiger partial charge in [0.05, 0.1) is 7.11 Å². The molecule has 0 radical (unpaired) electrons. The van der Waals surface area contributed by atoms with Crippen molar-refractivity contribution < 1.29 is 9.47 Å². The summed E-state index contributed by atoms with van der Waals surface area (Å²) in [6.45, 7) is 4.20. The highest BCUT2D eigenvalue weighted by Crippen LogP contribution is 2.32. The van der Waals surface area contributed by atoms with Crippen molar-refractivity contribution in [1.82, 2.24) is 9.97 Å². The molecule has 0 spiro atoms. The SMILES string of the molecule is CCCc1nc(Br)cc(Oc2ccc(CC)cc2OC)n1. The lowest BCUT2D eigenvalue weighted by molar-refractivity contribution is 0.372. The van der Waals surface area contributed by atoms with E-state index in [2.05, 4.69) is 39.7 Å². The van der Waals surface area contributed by atoms with E-state index in [0.717, 1.165) is 29.7 Å². The molecule has 2 aromatic rings. The summed E-state index contributed by atoms with van der Waals surface area (Å²) >= 11 is 3.39. The molecule has 2 rings (SSSR count). The van der Waals surface area contributed by atoms with Gasteiger partial charge in [0.25, 0.3) is 0 Å². The zero-order valence-corrected chi connectivity index (χ0v) is 14.1. The third-order valence-electron chi connectivity index (χ3n) is 3.04. The molecule has 0 aliphatic heterocycles. The smallest absolute Gasteiger partial charge is 0.223 e. The number of methoxy groups -OCH3 is 1. The van der Waals surface area contributed by atoms with Crippen molar-refractivity contribution in [1.29, 1.82) is 0 Å². The van der Waals surface area contributed by atoms with Crippen molar-refractivity contribution in [3.63, 3.8) is 0 Å². The van der Waals surface area contributed by atoms with Gasteiger partial charge in [-0.25, -0.2) is 4.98 Å². The third kappa shape index (κ3) is 4.17. The lowest BCUT2D eigenvalue weighted by Gasteiger charge is -2.11. The van der Waals surface area contributed by atoms with Crippen LogP contribution in [0, 0.1) is 0 Å². The molecule has 5 heteroatoms. The summed E-state index contributed by atoms with van der Waals surface area (Å²) in [4.78, 5) is 8.75. The zero-order chi connectivity index (χ0) is 15.2. The molecule has 0 amide bonds. The molecule has 0 saturated carbocycles. The molecule has 0 fully saturated rings. The van der Waals surface area contributed by atoms with E-state index in [4.69, 9.17) is 9.47 Å². The summed E-state index contributed by atoms with van der Waals surface area (Å²) in [6, 6.07) is 7.68. The van der Waals surface area contributed by atoms with Crippen molar-refractivity contribution in [2.75, 3.05) is 7.11 Å². The van der Waals surface area contributed by atoms with Gasteiger partial charge < -0.3 is 9.47 Å². The molecule has 0 atom stereocenters. The number of ether oxygens (including phenoxy) is 2. The van der Waals surface area contributed by atoms with E-state index >= 15 is 0 Å². The van der Waals surface area contributed by atoms with E-state index in [0.29, 0.717) is 17.4 Å². The molecule has 0 unspecified atom stereocenters. The predicted octanol–water partition coefficient (Wildman–Crippen LogP) is 4.55. The minimum absolute atomic E-state index is 0.517. The fourth-order valence-electron chi connectivity index (χ4n) is 1.96. The molecule has 0 saturated heterocycles. The second-order valence-corrected chi connectivity index (χ2v) is 5.45. The Balaban J connectivity index is 2.29. The molecule has 4 nitrogen and oxygen atoms in total. The molecule has 1 aromatic carbocycles. The largest absolute Gasteiger partial charge is 0.493 e. The molecule has 0 aliphatic carbocycles. The van der Waals surface area contributed by atoms with Gasteiger partial charge in [0, 0.05) is 12.5 Å². The van der Waals surface area contributed by atoms with Crippen LogP contribution in [-0.4, -0.2) is 17.1 Å². The average Bonchev–Trinajstić information content (AvgIpc) is 2.47. The Morgan fingerprint density at radius 3 is 2.57 bits per heavy atom. The van der Waals surface area contributed by atoms with Crippen LogP contribution in [0.1, 0.15) is 31.7 Å². The fourth-order valence-corrected chi connectivity index (χ4v) is 2.36. The van der Waals surface area contributed by atoms with Crippen LogP contribution in [0.2, 0.25) is 0 Å². The summed E-state index contributed by atoms with van der Waals surface area (Å²) in [5, 5.41) is 0. The van der Waals surface area contributed by atoms with Crippen molar-refractivity contribution in [3.8, 4) is 17.4 Å². The van der Waals surface area contributed by atoms with Crippen molar-refractivity contribution in [2.45, 2.75) is 33.1 Å². The maximum atomic E-state index is 5.86. The zero-order valence-electron chi connectivity index (χ0n) is 12.5. The molecule has 112 valence electrons. The highest BCUT2D eigenvalue weighted by atomic mass is 79.9. The van der Waals surface area contributed by atoms with Crippen LogP contribution in [0.15, 0.2) is 28.9 Å². The Morgan fingerprint density at radius 2 is 1.90 bits per heavy atom. The normalized spacial score (nSPS) is 10.5.